The van der Waals surface area contributed by atoms with E-state index in [1.165, 1.54) is 7.11 Å². The average molecular weight is 697 g/mol. The first-order valence-corrected chi connectivity index (χ1v) is 17.4. The molecule has 6 rings (SSSR count). The summed E-state index contributed by atoms with van der Waals surface area (Å²) in [7, 11) is 1.28. The Hall–Kier alpha value is -5.58. The van der Waals surface area contributed by atoms with Crippen molar-refractivity contribution < 1.29 is 29.0 Å². The molecule has 2 saturated heterocycles. The van der Waals surface area contributed by atoms with Crippen molar-refractivity contribution in [3.63, 3.8) is 0 Å². The Balaban J connectivity index is 1.18. The number of hydrogen-bond acceptors (Lipinski definition) is 7. The van der Waals surface area contributed by atoms with Crippen LogP contribution in [0.4, 0.5) is 9.59 Å². The monoisotopic (exact) mass is 696 g/mol. The number of hydrogen-bond donors (Lipinski definition) is 5. The van der Waals surface area contributed by atoms with Crippen LogP contribution in [0.5, 0.6) is 0 Å². The van der Waals surface area contributed by atoms with Gasteiger partial charge in [-0.05, 0) is 73.9 Å². The second-order valence-electron chi connectivity index (χ2n) is 13.9. The Morgan fingerprint density at radius 1 is 0.784 bits per heavy atom. The van der Waals surface area contributed by atoms with Gasteiger partial charge in [-0.25, -0.2) is 19.6 Å². The van der Waals surface area contributed by atoms with Gasteiger partial charge in [0, 0.05) is 24.2 Å². The summed E-state index contributed by atoms with van der Waals surface area (Å²) < 4.78 is 4.74. The van der Waals surface area contributed by atoms with Gasteiger partial charge in [-0.3, -0.25) is 9.59 Å². The zero-order valence-corrected chi connectivity index (χ0v) is 29.4. The third kappa shape index (κ3) is 7.47. The minimum atomic E-state index is -1.22. The second kappa shape index (κ2) is 14.7. The molecule has 4 heterocycles. The Bertz CT molecular complexity index is 2020. The molecule has 0 saturated carbocycles. The van der Waals surface area contributed by atoms with Crippen LogP contribution in [0.1, 0.15) is 88.2 Å². The molecule has 51 heavy (non-hydrogen) atoms. The number of benzene rings is 2. The Morgan fingerprint density at radius 2 is 1.24 bits per heavy atom. The maximum atomic E-state index is 13.5. The number of aromatic nitrogens is 4. The molecule has 2 aromatic carbocycles. The predicted octanol–water partition coefficient (Wildman–Crippen LogP) is 4.84. The molecule has 2 fully saturated rings. The van der Waals surface area contributed by atoms with E-state index in [2.05, 4.69) is 32.4 Å². The number of ether oxygens (including phenoxy) is 1. The van der Waals surface area contributed by atoms with Gasteiger partial charge in [-0.2, -0.15) is 0 Å². The van der Waals surface area contributed by atoms with Gasteiger partial charge >= 0.3 is 12.2 Å². The molecule has 0 radical (unpaired) electrons. The van der Waals surface area contributed by atoms with Crippen LogP contribution < -0.4 is 10.6 Å². The normalized spacial score (nSPS) is 18.6. The molecule has 4 amide bonds. The largest absolute Gasteiger partial charge is 0.465 e. The van der Waals surface area contributed by atoms with Gasteiger partial charge in [0.05, 0.1) is 41.3 Å². The van der Waals surface area contributed by atoms with Crippen LogP contribution >= 0.6 is 0 Å². The van der Waals surface area contributed by atoms with E-state index < -0.39 is 24.3 Å². The van der Waals surface area contributed by atoms with Crippen LogP contribution in [0.3, 0.4) is 0 Å². The van der Waals surface area contributed by atoms with Crippen LogP contribution in [0.25, 0.3) is 22.1 Å². The molecule has 4 aromatic rings. The van der Waals surface area contributed by atoms with Crippen LogP contribution in [0.15, 0.2) is 36.4 Å². The summed E-state index contributed by atoms with van der Waals surface area (Å²) >= 11 is 0. The number of aromatic amines is 2. The third-order valence-electron chi connectivity index (χ3n) is 9.66. The first-order chi connectivity index (χ1) is 24.4. The summed E-state index contributed by atoms with van der Waals surface area (Å²) in [6.07, 6.45) is 1.26. The van der Waals surface area contributed by atoms with Gasteiger partial charge in [0.2, 0.25) is 11.8 Å². The number of likely N-dealkylation sites (tertiary alicyclic amines) is 2. The summed E-state index contributed by atoms with van der Waals surface area (Å²) in [5.41, 5.74) is 4.71. The molecule has 2 aromatic heterocycles. The molecule has 0 bridgehead atoms. The number of carbonyl (C=O) groups excluding carboxylic acids is 3. The standard InChI is InChI=1S/C37H44N8O6/c1-20(2)30(42-36(48)49)34(46)44-16-6-8-28(44)32-38-24-14-12-22(18-26(24)40-32)10-11-23-13-15-25-27(19-23)41-33(39-25)29-9-7-17-45(29)35(47)31(21(3)4)43-37(50)51-5/h12-15,18-21,28-31,42H,6-9,16-17H2,1-5H3,(H,38,40)(H,39,41)(H,43,50)(H,48,49). The first kappa shape index (κ1) is 35.3. The minimum Gasteiger partial charge on any atom is -0.465 e. The summed E-state index contributed by atoms with van der Waals surface area (Å²) in [6.45, 7) is 8.53. The topological polar surface area (TPSA) is 186 Å². The van der Waals surface area contributed by atoms with E-state index >= 15 is 0 Å². The predicted molar refractivity (Wildman–Crippen MR) is 189 cm³/mol. The van der Waals surface area contributed by atoms with Gasteiger partial charge in [0.25, 0.3) is 0 Å². The molecule has 0 spiro atoms. The fraction of sp³-hybridized carbons (Fsp3) is 0.459. The van der Waals surface area contributed by atoms with Crippen LogP contribution in [0.2, 0.25) is 0 Å². The van der Waals surface area contributed by atoms with E-state index in [0.29, 0.717) is 24.7 Å². The summed E-state index contributed by atoms with van der Waals surface area (Å²) in [4.78, 5) is 70.1. The number of imidazole rings is 2. The number of nitrogens with zero attached hydrogens (tertiary/aromatic N) is 4. The van der Waals surface area contributed by atoms with Gasteiger partial charge < -0.3 is 40.2 Å². The number of amides is 4. The maximum Gasteiger partial charge on any atom is 0.407 e. The van der Waals surface area contributed by atoms with Crippen molar-refractivity contribution in [2.75, 3.05) is 20.2 Å². The van der Waals surface area contributed by atoms with E-state index in [9.17, 15) is 24.3 Å². The number of rotatable bonds is 8. The molecule has 268 valence electrons. The lowest BCUT2D eigenvalue weighted by Gasteiger charge is -2.29. The number of H-pyrrole nitrogens is 2. The van der Waals surface area contributed by atoms with E-state index in [-0.39, 0.29) is 35.7 Å². The van der Waals surface area contributed by atoms with Gasteiger partial charge in [-0.15, -0.1) is 0 Å². The summed E-state index contributed by atoms with van der Waals surface area (Å²) in [5.74, 6) is 7.12. The Morgan fingerprint density at radius 3 is 1.65 bits per heavy atom. The fourth-order valence-electron chi connectivity index (χ4n) is 7.01. The SMILES string of the molecule is COC(=O)NC(C(=O)N1CCCC1c1nc2ccc(C#Cc3ccc4nc(C5CCCN5C(=O)C(NC(=O)O)C(C)C)[nH]c4c3)cc2[nH]1)C(C)C. The van der Waals surface area contributed by atoms with Crippen LogP contribution in [-0.2, 0) is 14.3 Å². The number of methoxy groups -OCH3 is 1. The van der Waals surface area contributed by atoms with Crippen molar-refractivity contribution in [2.45, 2.75) is 77.5 Å². The Labute approximate surface area is 295 Å². The lowest BCUT2D eigenvalue weighted by molar-refractivity contribution is -0.136. The average Bonchev–Trinajstić information content (AvgIpc) is 3.92. The molecular weight excluding hydrogens is 652 g/mol. The van der Waals surface area contributed by atoms with E-state index in [1.54, 1.807) is 9.80 Å². The van der Waals surface area contributed by atoms with Crippen molar-refractivity contribution in [1.82, 2.24) is 40.4 Å². The van der Waals surface area contributed by atoms with E-state index in [0.717, 1.165) is 58.9 Å². The minimum absolute atomic E-state index is 0.119. The van der Waals surface area contributed by atoms with E-state index in [4.69, 9.17) is 14.7 Å². The van der Waals surface area contributed by atoms with Crippen molar-refractivity contribution in [2.24, 2.45) is 11.8 Å². The van der Waals surface area contributed by atoms with Crippen LogP contribution in [0, 0.1) is 23.7 Å². The molecule has 4 unspecified atom stereocenters. The molecule has 2 aliphatic heterocycles. The summed E-state index contributed by atoms with van der Waals surface area (Å²) in [6, 6.07) is 9.45. The highest BCUT2D eigenvalue weighted by Crippen LogP contribution is 2.34. The molecular formula is C37H44N8O6. The lowest BCUT2D eigenvalue weighted by atomic mass is 10.0. The van der Waals surface area contributed by atoms with Crippen molar-refractivity contribution in [3.8, 4) is 11.8 Å². The number of carbonyl (C=O) groups is 4. The molecule has 0 aliphatic carbocycles. The highest BCUT2D eigenvalue weighted by atomic mass is 16.5. The number of nitrogens with one attached hydrogen (secondary N) is 4. The van der Waals surface area contributed by atoms with Crippen LogP contribution in [-0.4, -0.2) is 91.1 Å². The third-order valence-corrected chi connectivity index (χ3v) is 9.66. The molecule has 14 heteroatoms. The van der Waals surface area contributed by atoms with Gasteiger partial charge in [-0.1, -0.05) is 39.5 Å². The first-order valence-electron chi connectivity index (χ1n) is 17.4. The van der Waals surface area contributed by atoms with Crippen molar-refractivity contribution >= 4 is 46.1 Å². The zero-order valence-electron chi connectivity index (χ0n) is 29.4. The van der Waals surface area contributed by atoms with Gasteiger partial charge in [0.1, 0.15) is 23.7 Å². The summed E-state index contributed by atoms with van der Waals surface area (Å²) in [5, 5.41) is 14.3. The fourth-order valence-corrected chi connectivity index (χ4v) is 7.01. The quantitative estimate of drug-likeness (QED) is 0.162. The number of fused-ring (bicyclic) bond motifs is 2. The molecule has 14 nitrogen and oxygen atoms in total. The molecule has 2 aliphatic rings. The smallest absolute Gasteiger partial charge is 0.407 e. The highest BCUT2D eigenvalue weighted by Gasteiger charge is 2.39. The molecule has 5 N–H and O–H groups in total. The maximum absolute atomic E-state index is 13.5. The van der Waals surface area contributed by atoms with E-state index in [1.807, 2.05) is 64.1 Å². The highest BCUT2D eigenvalue weighted by molar-refractivity contribution is 5.87. The Kier molecular flexibility index (Phi) is 10.2. The zero-order chi connectivity index (χ0) is 36.4. The second-order valence-corrected chi connectivity index (χ2v) is 13.9. The van der Waals surface area contributed by atoms with Gasteiger partial charge in [0.15, 0.2) is 0 Å². The van der Waals surface area contributed by atoms with Crippen molar-refractivity contribution in [3.05, 3.63) is 59.2 Å². The number of carboxylic acid groups (broad SMARTS) is 1. The molecule has 4 atom stereocenters. The lowest BCUT2D eigenvalue weighted by Crippen LogP contribution is -2.51. The number of alkyl carbamates (subject to hydrolysis) is 1. The van der Waals surface area contributed by atoms with Crippen molar-refractivity contribution in [1.29, 1.82) is 0 Å².